The highest BCUT2D eigenvalue weighted by Gasteiger charge is 2.41. The van der Waals surface area contributed by atoms with Gasteiger partial charge >= 0.3 is 0 Å². The Morgan fingerprint density at radius 3 is 2.78 bits per heavy atom. The van der Waals surface area contributed by atoms with Crippen LogP contribution in [0.4, 0.5) is 0 Å². The van der Waals surface area contributed by atoms with Crippen LogP contribution in [-0.4, -0.2) is 73.8 Å². The molecule has 0 bridgehead atoms. The Balaban J connectivity index is 2.42. The fourth-order valence-electron chi connectivity index (χ4n) is 3.68. The molecule has 0 aromatic heterocycles. The van der Waals surface area contributed by atoms with Gasteiger partial charge in [-0.15, -0.1) is 0 Å². The molecule has 150 valence electrons. The van der Waals surface area contributed by atoms with Crippen molar-refractivity contribution < 1.29 is 24.2 Å². The minimum atomic E-state index is -0.378. The second-order valence-corrected chi connectivity index (χ2v) is 6.59. The fraction of sp³-hybridized carbons (Fsp3) is 0.600. The number of rotatable bonds is 9. The smallest absolute Gasteiger partial charge is 0.228 e. The van der Waals surface area contributed by atoms with Crippen LogP contribution in [0.15, 0.2) is 24.3 Å². The molecule has 2 atom stereocenters. The Morgan fingerprint density at radius 1 is 1.37 bits per heavy atom. The molecule has 2 amide bonds. The summed E-state index contributed by atoms with van der Waals surface area (Å²) in [6, 6.07) is 7.14. The minimum absolute atomic E-state index is 0.0223. The third-order valence-corrected chi connectivity index (χ3v) is 5.06. The minimum Gasteiger partial charge on any atom is -0.497 e. The van der Waals surface area contributed by atoms with E-state index in [1.54, 1.807) is 24.0 Å². The first-order chi connectivity index (χ1) is 13.1. The Morgan fingerprint density at radius 2 is 2.15 bits per heavy atom. The summed E-state index contributed by atoms with van der Waals surface area (Å²) < 4.78 is 10.5. The van der Waals surface area contributed by atoms with E-state index in [1.165, 1.54) is 0 Å². The highest BCUT2D eigenvalue weighted by Crippen LogP contribution is 2.38. The monoisotopic (exact) mass is 378 g/mol. The Labute approximate surface area is 160 Å². The number of methoxy groups -OCH3 is 2. The number of likely N-dealkylation sites (tertiary alicyclic amines) is 1. The summed E-state index contributed by atoms with van der Waals surface area (Å²) in [6.45, 7) is 3.46. The van der Waals surface area contributed by atoms with Crippen molar-refractivity contribution in [2.45, 2.75) is 25.8 Å². The van der Waals surface area contributed by atoms with Crippen molar-refractivity contribution >= 4 is 11.8 Å². The molecule has 1 fully saturated rings. The van der Waals surface area contributed by atoms with Gasteiger partial charge in [-0.05, 0) is 31.0 Å². The van der Waals surface area contributed by atoms with Crippen LogP contribution in [0.2, 0.25) is 0 Å². The molecule has 0 aliphatic carbocycles. The maximum absolute atomic E-state index is 13.2. The molecule has 1 aromatic rings. The fourth-order valence-corrected chi connectivity index (χ4v) is 3.68. The highest BCUT2D eigenvalue weighted by atomic mass is 16.5. The van der Waals surface area contributed by atoms with Crippen molar-refractivity contribution in [1.82, 2.24) is 9.80 Å². The highest BCUT2D eigenvalue weighted by molar-refractivity contribution is 5.85. The first-order valence-electron chi connectivity index (χ1n) is 9.39. The summed E-state index contributed by atoms with van der Waals surface area (Å²) in [6.07, 6.45) is 0.822. The summed E-state index contributed by atoms with van der Waals surface area (Å²) in [5.41, 5.74) is 0.872. The second kappa shape index (κ2) is 10.3. The molecule has 0 radical (unpaired) electrons. The number of aliphatic hydroxyl groups excluding tert-OH is 1. The number of hydrogen-bond acceptors (Lipinski definition) is 5. The third-order valence-electron chi connectivity index (χ3n) is 5.06. The quantitative estimate of drug-likeness (QED) is 0.704. The van der Waals surface area contributed by atoms with Gasteiger partial charge in [-0.2, -0.15) is 0 Å². The molecule has 0 spiro atoms. The third kappa shape index (κ3) is 4.99. The number of nitrogens with zero attached hydrogens (tertiary/aromatic N) is 2. The number of carbonyl (C=O) groups excluding carboxylic acids is 2. The van der Waals surface area contributed by atoms with Crippen molar-refractivity contribution in [3.63, 3.8) is 0 Å². The average Bonchev–Trinajstić information content (AvgIpc) is 2.70. The lowest BCUT2D eigenvalue weighted by Gasteiger charge is -2.42. The van der Waals surface area contributed by atoms with Crippen LogP contribution < -0.4 is 4.74 Å². The normalized spacial score (nSPS) is 19.9. The van der Waals surface area contributed by atoms with Gasteiger partial charge in [-0.1, -0.05) is 12.1 Å². The molecule has 0 saturated carbocycles. The molecular formula is C20H30N2O5. The average molecular weight is 378 g/mol. The number of ether oxygens (including phenoxy) is 2. The van der Waals surface area contributed by atoms with Crippen LogP contribution >= 0.6 is 0 Å². The summed E-state index contributed by atoms with van der Waals surface area (Å²) in [5, 5.41) is 9.28. The number of benzene rings is 1. The molecule has 27 heavy (non-hydrogen) atoms. The van der Waals surface area contributed by atoms with E-state index in [-0.39, 0.29) is 30.4 Å². The van der Waals surface area contributed by atoms with Gasteiger partial charge in [0.2, 0.25) is 11.8 Å². The van der Waals surface area contributed by atoms with Crippen LogP contribution in [0.25, 0.3) is 0 Å². The molecule has 1 aliphatic rings. The summed E-state index contributed by atoms with van der Waals surface area (Å²) in [5.74, 6) is 0.313. The Kier molecular flexibility index (Phi) is 8.06. The lowest BCUT2D eigenvalue weighted by atomic mass is 9.83. The van der Waals surface area contributed by atoms with Crippen molar-refractivity contribution in [2.75, 3.05) is 47.1 Å². The first-order valence-corrected chi connectivity index (χ1v) is 9.39. The van der Waals surface area contributed by atoms with Gasteiger partial charge in [-0.25, -0.2) is 0 Å². The summed E-state index contributed by atoms with van der Waals surface area (Å²) >= 11 is 0. The number of aliphatic hydroxyl groups is 1. The molecule has 7 heteroatoms. The predicted octanol–water partition coefficient (Wildman–Crippen LogP) is 1.46. The molecule has 2 rings (SSSR count). The van der Waals surface area contributed by atoms with Crippen molar-refractivity contribution in [3.05, 3.63) is 29.8 Å². The number of piperidine rings is 1. The second-order valence-electron chi connectivity index (χ2n) is 6.59. The summed E-state index contributed by atoms with van der Waals surface area (Å²) in [7, 11) is 3.19. The van der Waals surface area contributed by atoms with E-state index in [0.717, 1.165) is 5.56 Å². The maximum Gasteiger partial charge on any atom is 0.228 e. The molecule has 7 nitrogen and oxygen atoms in total. The maximum atomic E-state index is 13.2. The van der Waals surface area contributed by atoms with Crippen molar-refractivity contribution in [3.8, 4) is 5.75 Å². The zero-order chi connectivity index (χ0) is 19.8. The standard InChI is InChI=1S/C20H30N2O5/c1-4-21(10-12-23)20(25)17-8-9-18(24)22(11-13-26-2)19(17)15-6-5-7-16(14-15)27-3/h5-7,14,17,19,23H,4,8-13H2,1-3H3/t17-,19+/m1/s1. The van der Waals surface area contributed by atoms with Crippen LogP contribution in [0, 0.1) is 5.92 Å². The number of carbonyl (C=O) groups is 2. The van der Waals surface area contributed by atoms with E-state index in [0.29, 0.717) is 44.8 Å². The van der Waals surface area contributed by atoms with E-state index in [1.807, 2.05) is 31.2 Å². The van der Waals surface area contributed by atoms with Crippen LogP contribution in [-0.2, 0) is 14.3 Å². The van der Waals surface area contributed by atoms with Gasteiger partial charge in [0.15, 0.2) is 0 Å². The topological polar surface area (TPSA) is 79.3 Å². The number of hydrogen-bond donors (Lipinski definition) is 1. The lowest BCUT2D eigenvalue weighted by molar-refractivity contribution is -0.149. The zero-order valence-corrected chi connectivity index (χ0v) is 16.4. The summed E-state index contributed by atoms with van der Waals surface area (Å²) in [4.78, 5) is 29.2. The Bertz CT molecular complexity index is 637. The number of likely N-dealkylation sites (N-methyl/N-ethyl adjacent to an activating group) is 1. The van der Waals surface area contributed by atoms with Gasteiger partial charge < -0.3 is 24.4 Å². The van der Waals surface area contributed by atoms with E-state index < -0.39 is 0 Å². The Hall–Kier alpha value is -2.12. The first kappa shape index (κ1) is 21.2. The number of amides is 2. The van der Waals surface area contributed by atoms with Crippen molar-refractivity contribution in [1.29, 1.82) is 0 Å². The predicted molar refractivity (Wildman–Crippen MR) is 101 cm³/mol. The van der Waals surface area contributed by atoms with Crippen molar-refractivity contribution in [2.24, 2.45) is 5.92 Å². The SMILES string of the molecule is CCN(CCO)C(=O)[C@@H]1CCC(=O)N(CCOC)[C@H]1c1cccc(OC)c1. The molecule has 1 heterocycles. The molecule has 1 N–H and O–H groups in total. The van der Waals surface area contributed by atoms with E-state index >= 15 is 0 Å². The molecule has 0 unspecified atom stereocenters. The lowest BCUT2D eigenvalue weighted by Crippen LogP contribution is -2.50. The van der Waals surface area contributed by atoms with Gasteiger partial charge in [0.05, 0.1) is 32.3 Å². The molecule has 1 aliphatic heterocycles. The van der Waals surface area contributed by atoms with Gasteiger partial charge in [0.25, 0.3) is 0 Å². The molecular weight excluding hydrogens is 348 g/mol. The van der Waals surface area contributed by atoms with Crippen LogP contribution in [0.3, 0.4) is 0 Å². The van der Waals surface area contributed by atoms with Crippen LogP contribution in [0.1, 0.15) is 31.4 Å². The van der Waals surface area contributed by atoms with Crippen LogP contribution in [0.5, 0.6) is 5.75 Å². The van der Waals surface area contributed by atoms with E-state index in [9.17, 15) is 14.7 Å². The largest absolute Gasteiger partial charge is 0.497 e. The van der Waals surface area contributed by atoms with Gasteiger partial charge in [0.1, 0.15) is 5.75 Å². The molecule has 1 aromatic carbocycles. The van der Waals surface area contributed by atoms with E-state index in [4.69, 9.17) is 9.47 Å². The zero-order valence-electron chi connectivity index (χ0n) is 16.4. The van der Waals surface area contributed by atoms with Gasteiger partial charge in [-0.3, -0.25) is 9.59 Å². The van der Waals surface area contributed by atoms with E-state index in [2.05, 4.69) is 0 Å². The molecule has 1 saturated heterocycles. The van der Waals surface area contributed by atoms with Gasteiger partial charge in [0, 0.05) is 33.2 Å².